The Balaban J connectivity index is 1.83. The van der Waals surface area contributed by atoms with Crippen LogP contribution in [0.5, 0.6) is 0 Å². The Morgan fingerprint density at radius 3 is 2.47 bits per heavy atom. The highest BCUT2D eigenvalue weighted by molar-refractivity contribution is 5.80. The Bertz CT molecular complexity index is 269. The van der Waals surface area contributed by atoms with E-state index in [-0.39, 0.29) is 24.8 Å². The van der Waals surface area contributed by atoms with Crippen molar-refractivity contribution >= 4 is 12.0 Å². The number of aliphatic carboxylic acids is 1. The molecule has 15 heavy (non-hydrogen) atoms. The quantitative estimate of drug-likeness (QED) is 0.658. The van der Waals surface area contributed by atoms with Gasteiger partial charge in [-0.15, -0.1) is 0 Å². The summed E-state index contributed by atoms with van der Waals surface area (Å²) in [5, 5.41) is 10.8. The van der Waals surface area contributed by atoms with E-state index in [1.54, 1.807) is 4.90 Å². The van der Waals surface area contributed by atoms with E-state index < -0.39 is 5.97 Å². The molecule has 0 radical (unpaired) electrons. The molecule has 2 atom stereocenters. The van der Waals surface area contributed by atoms with Crippen LogP contribution in [0.3, 0.4) is 0 Å². The number of nitrogens with zero attached hydrogens (tertiary/aromatic N) is 1. The fourth-order valence-corrected chi connectivity index (χ4v) is 2.04. The first kappa shape index (κ1) is 10.2. The summed E-state index contributed by atoms with van der Waals surface area (Å²) in [6.07, 6.45) is 2.26. The average Bonchev–Trinajstić information content (AvgIpc) is 2.54. The summed E-state index contributed by atoms with van der Waals surface area (Å²) in [4.78, 5) is 23.4. The lowest BCUT2D eigenvalue weighted by Gasteiger charge is -2.31. The summed E-state index contributed by atoms with van der Waals surface area (Å²) in [7, 11) is 0. The Kier molecular flexibility index (Phi) is 2.77. The van der Waals surface area contributed by atoms with Crippen LogP contribution in [0.2, 0.25) is 0 Å². The topological polar surface area (TPSA) is 78.9 Å². The highest BCUT2D eigenvalue weighted by atomic mass is 16.5. The zero-order chi connectivity index (χ0) is 10.8. The van der Waals surface area contributed by atoms with E-state index in [1.807, 2.05) is 0 Å². The van der Waals surface area contributed by atoms with Crippen molar-refractivity contribution in [1.29, 1.82) is 0 Å². The van der Waals surface area contributed by atoms with Gasteiger partial charge in [0.2, 0.25) is 0 Å². The molecule has 2 heterocycles. The van der Waals surface area contributed by atoms with Crippen LogP contribution < -0.4 is 5.32 Å². The summed E-state index contributed by atoms with van der Waals surface area (Å²) in [6, 6.07) is -0.308. The summed E-state index contributed by atoms with van der Waals surface area (Å²) in [5.74, 6) is -1.03. The highest BCUT2D eigenvalue weighted by Crippen LogP contribution is 2.25. The van der Waals surface area contributed by atoms with E-state index in [4.69, 9.17) is 9.84 Å². The number of rotatable bonds is 2. The van der Waals surface area contributed by atoms with Gasteiger partial charge in [0.25, 0.3) is 0 Å². The SMILES string of the molecule is O=C(O)CNC(=O)N1CC2CCC(C1)O2. The van der Waals surface area contributed by atoms with E-state index in [0.717, 1.165) is 12.8 Å². The standard InChI is InChI=1S/C9H14N2O4/c12-8(13)3-10-9(14)11-4-6-1-2-7(5-11)15-6/h6-7H,1-5H2,(H,10,14)(H,12,13). The minimum atomic E-state index is -1.03. The first-order valence-electron chi connectivity index (χ1n) is 5.05. The summed E-state index contributed by atoms with van der Waals surface area (Å²) < 4.78 is 5.57. The van der Waals surface area contributed by atoms with Gasteiger partial charge in [0.15, 0.2) is 0 Å². The van der Waals surface area contributed by atoms with Gasteiger partial charge in [-0.3, -0.25) is 4.79 Å². The van der Waals surface area contributed by atoms with E-state index in [2.05, 4.69) is 5.32 Å². The third-order valence-corrected chi connectivity index (χ3v) is 2.72. The lowest BCUT2D eigenvalue weighted by molar-refractivity contribution is -0.135. The molecule has 0 aliphatic carbocycles. The second-order valence-corrected chi connectivity index (χ2v) is 3.91. The molecule has 6 nitrogen and oxygen atoms in total. The van der Waals surface area contributed by atoms with Crippen LogP contribution in [-0.2, 0) is 9.53 Å². The van der Waals surface area contributed by atoms with Gasteiger partial charge >= 0.3 is 12.0 Å². The van der Waals surface area contributed by atoms with Crippen LogP contribution in [0.1, 0.15) is 12.8 Å². The number of fused-ring (bicyclic) bond motifs is 2. The smallest absolute Gasteiger partial charge is 0.323 e. The van der Waals surface area contributed by atoms with Crippen LogP contribution in [-0.4, -0.2) is 53.8 Å². The maximum Gasteiger partial charge on any atom is 0.323 e. The maximum atomic E-state index is 11.5. The number of ether oxygens (including phenoxy) is 1. The van der Waals surface area contributed by atoms with Crippen LogP contribution in [0, 0.1) is 0 Å². The molecular weight excluding hydrogens is 200 g/mol. The molecule has 2 aliphatic rings. The number of carbonyl (C=O) groups excluding carboxylic acids is 1. The predicted molar refractivity (Wildman–Crippen MR) is 50.5 cm³/mol. The molecule has 6 heteroatoms. The predicted octanol–water partition coefficient (Wildman–Crippen LogP) is -0.356. The lowest BCUT2D eigenvalue weighted by atomic mass is 10.2. The number of carbonyl (C=O) groups is 2. The molecule has 2 rings (SSSR count). The van der Waals surface area contributed by atoms with Crippen molar-refractivity contribution in [3.63, 3.8) is 0 Å². The van der Waals surface area contributed by atoms with Crippen LogP contribution in [0.15, 0.2) is 0 Å². The van der Waals surface area contributed by atoms with Crippen molar-refractivity contribution in [1.82, 2.24) is 10.2 Å². The zero-order valence-corrected chi connectivity index (χ0v) is 8.31. The monoisotopic (exact) mass is 214 g/mol. The normalized spacial score (nSPS) is 28.9. The van der Waals surface area contributed by atoms with Crippen LogP contribution in [0.25, 0.3) is 0 Å². The fourth-order valence-electron chi connectivity index (χ4n) is 2.04. The van der Waals surface area contributed by atoms with Gasteiger partial charge in [0, 0.05) is 13.1 Å². The molecule has 2 fully saturated rings. The number of carboxylic acids is 1. The molecule has 2 saturated heterocycles. The van der Waals surface area contributed by atoms with Gasteiger partial charge in [-0.25, -0.2) is 4.79 Å². The molecule has 0 saturated carbocycles. The van der Waals surface area contributed by atoms with E-state index in [9.17, 15) is 9.59 Å². The number of morpholine rings is 1. The Hall–Kier alpha value is -1.30. The molecule has 2 unspecified atom stereocenters. The molecule has 0 spiro atoms. The average molecular weight is 214 g/mol. The van der Waals surface area contributed by atoms with Gasteiger partial charge in [-0.05, 0) is 12.8 Å². The molecule has 2 bridgehead atoms. The van der Waals surface area contributed by atoms with Gasteiger partial charge in [0.05, 0.1) is 12.2 Å². The van der Waals surface area contributed by atoms with Gasteiger partial charge in [0.1, 0.15) is 6.54 Å². The third-order valence-electron chi connectivity index (χ3n) is 2.72. The summed E-state index contributed by atoms with van der Waals surface area (Å²) in [5.41, 5.74) is 0. The number of carboxylic acid groups (broad SMARTS) is 1. The first-order chi connectivity index (χ1) is 7.15. The molecular formula is C9H14N2O4. The number of hydrogen-bond donors (Lipinski definition) is 2. The van der Waals surface area contributed by atoms with E-state index in [0.29, 0.717) is 13.1 Å². The van der Waals surface area contributed by atoms with Gasteiger partial charge in [-0.2, -0.15) is 0 Å². The molecule has 2 amide bonds. The minimum Gasteiger partial charge on any atom is -0.480 e. The van der Waals surface area contributed by atoms with Crippen LogP contribution in [0.4, 0.5) is 4.79 Å². The van der Waals surface area contributed by atoms with Crippen molar-refractivity contribution in [2.45, 2.75) is 25.0 Å². The Labute approximate surface area is 87.2 Å². The van der Waals surface area contributed by atoms with Gasteiger partial charge in [-0.1, -0.05) is 0 Å². The van der Waals surface area contributed by atoms with Crippen molar-refractivity contribution in [3.05, 3.63) is 0 Å². The van der Waals surface area contributed by atoms with E-state index in [1.165, 1.54) is 0 Å². The number of likely N-dealkylation sites (tertiary alicyclic amines) is 1. The first-order valence-corrected chi connectivity index (χ1v) is 5.05. The van der Waals surface area contributed by atoms with Crippen molar-refractivity contribution in [2.24, 2.45) is 0 Å². The second kappa shape index (κ2) is 4.06. The van der Waals surface area contributed by atoms with E-state index >= 15 is 0 Å². The molecule has 2 aliphatic heterocycles. The number of nitrogens with one attached hydrogen (secondary N) is 1. The van der Waals surface area contributed by atoms with Crippen LogP contribution >= 0.6 is 0 Å². The van der Waals surface area contributed by atoms with Crippen molar-refractivity contribution in [3.8, 4) is 0 Å². The van der Waals surface area contributed by atoms with Gasteiger partial charge < -0.3 is 20.1 Å². The molecule has 0 aromatic rings. The molecule has 0 aromatic heterocycles. The fraction of sp³-hybridized carbons (Fsp3) is 0.778. The van der Waals surface area contributed by atoms with Crippen molar-refractivity contribution < 1.29 is 19.4 Å². The Morgan fingerprint density at radius 1 is 1.33 bits per heavy atom. The summed E-state index contributed by atoms with van der Waals surface area (Å²) >= 11 is 0. The largest absolute Gasteiger partial charge is 0.480 e. The maximum absolute atomic E-state index is 11.5. The lowest BCUT2D eigenvalue weighted by Crippen LogP contribution is -2.50. The Morgan fingerprint density at radius 2 is 1.93 bits per heavy atom. The highest BCUT2D eigenvalue weighted by Gasteiger charge is 2.35. The molecule has 84 valence electrons. The minimum absolute atomic E-state index is 0.138. The molecule has 0 aromatic carbocycles. The number of urea groups is 1. The zero-order valence-electron chi connectivity index (χ0n) is 8.31. The molecule has 2 N–H and O–H groups in total. The summed E-state index contributed by atoms with van der Waals surface area (Å²) in [6.45, 7) is 0.815. The van der Waals surface area contributed by atoms with Crippen molar-refractivity contribution in [2.75, 3.05) is 19.6 Å². The number of amides is 2. The third kappa shape index (κ3) is 2.38. The number of hydrogen-bond acceptors (Lipinski definition) is 3. The second-order valence-electron chi connectivity index (χ2n) is 3.91.